The van der Waals surface area contributed by atoms with Crippen molar-refractivity contribution in [1.29, 1.82) is 0 Å². The summed E-state index contributed by atoms with van der Waals surface area (Å²) >= 11 is 0. The van der Waals surface area contributed by atoms with E-state index in [1.165, 1.54) is 60.9 Å². The first-order valence-electron chi connectivity index (χ1n) is 13.4. The van der Waals surface area contributed by atoms with E-state index < -0.39 is 0 Å². The Kier molecular flexibility index (Phi) is 5.60. The van der Waals surface area contributed by atoms with E-state index in [-0.39, 0.29) is 0 Å². The Morgan fingerprint density at radius 1 is 0.538 bits per heavy atom. The van der Waals surface area contributed by atoms with Crippen LogP contribution >= 0.6 is 0 Å². The SMILES string of the molecule is Cc1ccccc1-c1c2c(cc[n+]1C)c1ccccc1n2-c1cccc(-c2ccc(-c3ccccc3)cc2)c1. The average Bonchev–Trinajstić information content (AvgIpc) is 3.33. The van der Waals surface area contributed by atoms with Gasteiger partial charge in [0.05, 0.1) is 11.1 Å². The largest absolute Gasteiger partial charge is 0.303 e. The van der Waals surface area contributed by atoms with E-state index >= 15 is 0 Å². The molecular weight excluding hydrogens is 472 g/mol. The highest BCUT2D eigenvalue weighted by Gasteiger charge is 2.24. The smallest absolute Gasteiger partial charge is 0.237 e. The zero-order chi connectivity index (χ0) is 26.3. The van der Waals surface area contributed by atoms with Gasteiger partial charge in [0, 0.05) is 22.5 Å². The summed E-state index contributed by atoms with van der Waals surface area (Å²) in [7, 11) is 2.15. The number of pyridine rings is 1. The summed E-state index contributed by atoms with van der Waals surface area (Å²) in [6.45, 7) is 2.20. The van der Waals surface area contributed by atoms with Gasteiger partial charge in [0.1, 0.15) is 12.6 Å². The molecule has 0 N–H and O–H groups in total. The Balaban J connectivity index is 1.45. The van der Waals surface area contributed by atoms with E-state index in [4.69, 9.17) is 0 Å². The van der Waals surface area contributed by atoms with E-state index in [1.54, 1.807) is 0 Å². The van der Waals surface area contributed by atoms with Crippen LogP contribution in [0.2, 0.25) is 0 Å². The molecule has 0 amide bonds. The molecule has 2 heterocycles. The van der Waals surface area contributed by atoms with Crippen molar-refractivity contribution < 1.29 is 4.57 Å². The van der Waals surface area contributed by atoms with Gasteiger partial charge in [0.15, 0.2) is 6.20 Å². The Hall–Kier alpha value is -4.95. The minimum atomic E-state index is 1.16. The van der Waals surface area contributed by atoms with Crippen molar-refractivity contribution in [2.45, 2.75) is 6.92 Å². The van der Waals surface area contributed by atoms with E-state index in [0.717, 1.165) is 5.69 Å². The zero-order valence-electron chi connectivity index (χ0n) is 22.2. The van der Waals surface area contributed by atoms with Gasteiger partial charge in [0.2, 0.25) is 5.69 Å². The second-order valence-electron chi connectivity index (χ2n) is 10.2. The number of aromatic nitrogens is 2. The predicted molar refractivity (Wildman–Crippen MR) is 163 cm³/mol. The van der Waals surface area contributed by atoms with Crippen molar-refractivity contribution in [3.05, 3.63) is 145 Å². The molecule has 0 aliphatic rings. The zero-order valence-corrected chi connectivity index (χ0v) is 22.2. The minimum absolute atomic E-state index is 1.16. The number of benzene rings is 5. The van der Waals surface area contributed by atoms with Crippen LogP contribution in [0, 0.1) is 6.92 Å². The summed E-state index contributed by atoms with van der Waals surface area (Å²) < 4.78 is 4.69. The topological polar surface area (TPSA) is 8.81 Å². The van der Waals surface area contributed by atoms with Crippen molar-refractivity contribution in [2.24, 2.45) is 7.05 Å². The van der Waals surface area contributed by atoms with Gasteiger partial charge in [-0.2, -0.15) is 4.57 Å². The fourth-order valence-corrected chi connectivity index (χ4v) is 5.83. The molecule has 0 aliphatic heterocycles. The van der Waals surface area contributed by atoms with E-state index in [1.807, 2.05) is 0 Å². The molecule has 2 aromatic heterocycles. The molecule has 0 radical (unpaired) electrons. The van der Waals surface area contributed by atoms with E-state index in [0.29, 0.717) is 0 Å². The van der Waals surface area contributed by atoms with Gasteiger partial charge in [-0.3, -0.25) is 0 Å². The first kappa shape index (κ1) is 23.2. The third kappa shape index (κ3) is 3.93. The molecule has 39 heavy (non-hydrogen) atoms. The highest BCUT2D eigenvalue weighted by molar-refractivity contribution is 6.12. The highest BCUT2D eigenvalue weighted by atomic mass is 15.0. The molecule has 0 saturated heterocycles. The summed E-state index contributed by atoms with van der Waals surface area (Å²) in [5.41, 5.74) is 12.2. The molecule has 186 valence electrons. The highest BCUT2D eigenvalue weighted by Crippen LogP contribution is 2.38. The molecule has 0 unspecified atom stereocenters. The van der Waals surface area contributed by atoms with Crippen molar-refractivity contribution in [3.8, 4) is 39.2 Å². The number of fused-ring (bicyclic) bond motifs is 3. The van der Waals surface area contributed by atoms with Crippen LogP contribution in [-0.2, 0) is 7.05 Å². The van der Waals surface area contributed by atoms with Crippen LogP contribution in [0.1, 0.15) is 5.56 Å². The van der Waals surface area contributed by atoms with Crippen molar-refractivity contribution >= 4 is 21.8 Å². The van der Waals surface area contributed by atoms with Crippen molar-refractivity contribution in [1.82, 2.24) is 4.57 Å². The number of para-hydroxylation sites is 1. The maximum absolute atomic E-state index is 2.44. The molecule has 0 spiro atoms. The lowest BCUT2D eigenvalue weighted by Gasteiger charge is -2.13. The molecule has 0 atom stereocenters. The number of hydrogen-bond acceptors (Lipinski definition) is 0. The Bertz CT molecular complexity index is 1960. The molecule has 0 fully saturated rings. The number of aryl methyl sites for hydroxylation is 2. The maximum atomic E-state index is 2.44. The number of hydrogen-bond donors (Lipinski definition) is 0. The summed E-state index contributed by atoms with van der Waals surface area (Å²) in [4.78, 5) is 0. The monoisotopic (exact) mass is 501 g/mol. The van der Waals surface area contributed by atoms with Gasteiger partial charge in [-0.1, -0.05) is 103 Å². The summed E-state index contributed by atoms with van der Waals surface area (Å²) in [6.07, 6.45) is 2.19. The molecule has 2 nitrogen and oxygen atoms in total. The first-order chi connectivity index (χ1) is 19.2. The summed E-state index contributed by atoms with van der Waals surface area (Å²) in [6, 6.07) is 48.0. The standard InChI is InChI=1S/C37H29N2/c1-26-11-6-7-16-32(26)36-37-34(23-24-38(36)2)33-17-8-9-18-35(33)39(37)31-15-10-14-30(25-31)29-21-19-28(20-22-29)27-12-4-3-5-13-27/h3-25H,1-2H3/q+1. The average molecular weight is 502 g/mol. The van der Waals surface area contributed by atoms with Gasteiger partial charge in [-0.15, -0.1) is 0 Å². The van der Waals surface area contributed by atoms with Gasteiger partial charge in [-0.05, 0) is 59.0 Å². The Labute approximate surface area is 229 Å². The molecule has 0 aliphatic carbocycles. The van der Waals surface area contributed by atoms with Crippen molar-refractivity contribution in [3.63, 3.8) is 0 Å². The Morgan fingerprint density at radius 2 is 1.18 bits per heavy atom. The van der Waals surface area contributed by atoms with Crippen LogP contribution in [0.25, 0.3) is 61.0 Å². The third-order valence-electron chi connectivity index (χ3n) is 7.79. The second-order valence-corrected chi connectivity index (χ2v) is 10.2. The fourth-order valence-electron chi connectivity index (χ4n) is 5.83. The normalized spacial score (nSPS) is 11.3. The molecular formula is C37H29N2+. The predicted octanol–water partition coefficient (Wildman–Crippen LogP) is 8.92. The van der Waals surface area contributed by atoms with Gasteiger partial charge in [0.25, 0.3) is 0 Å². The maximum Gasteiger partial charge on any atom is 0.237 e. The Morgan fingerprint density at radius 3 is 1.97 bits per heavy atom. The van der Waals surface area contributed by atoms with E-state index in [2.05, 4.69) is 163 Å². The van der Waals surface area contributed by atoms with Gasteiger partial charge < -0.3 is 4.57 Å². The van der Waals surface area contributed by atoms with Crippen LogP contribution < -0.4 is 4.57 Å². The fraction of sp³-hybridized carbons (Fsp3) is 0.0541. The molecule has 7 aromatic rings. The van der Waals surface area contributed by atoms with Gasteiger partial charge in [-0.25, -0.2) is 0 Å². The number of rotatable bonds is 4. The molecule has 5 aromatic carbocycles. The molecule has 7 rings (SSSR count). The molecule has 0 saturated carbocycles. The van der Waals surface area contributed by atoms with Crippen LogP contribution in [0.15, 0.2) is 140 Å². The third-order valence-corrected chi connectivity index (χ3v) is 7.79. The molecule has 0 bridgehead atoms. The number of nitrogens with zero attached hydrogens (tertiary/aromatic N) is 2. The summed E-state index contributed by atoms with van der Waals surface area (Å²) in [5, 5.41) is 2.53. The van der Waals surface area contributed by atoms with Crippen LogP contribution in [0.4, 0.5) is 0 Å². The molecule has 2 heteroatoms. The lowest BCUT2D eigenvalue weighted by molar-refractivity contribution is -0.659. The quantitative estimate of drug-likeness (QED) is 0.213. The van der Waals surface area contributed by atoms with Crippen molar-refractivity contribution in [2.75, 3.05) is 0 Å². The lowest BCUT2D eigenvalue weighted by Crippen LogP contribution is -2.31. The minimum Gasteiger partial charge on any atom is -0.303 e. The summed E-state index contributed by atoms with van der Waals surface area (Å²) in [5.74, 6) is 0. The van der Waals surface area contributed by atoms with Crippen LogP contribution in [-0.4, -0.2) is 4.57 Å². The van der Waals surface area contributed by atoms with Crippen LogP contribution in [0.5, 0.6) is 0 Å². The van der Waals surface area contributed by atoms with Gasteiger partial charge >= 0.3 is 0 Å². The first-order valence-corrected chi connectivity index (χ1v) is 13.4. The van der Waals surface area contributed by atoms with Crippen LogP contribution in [0.3, 0.4) is 0 Å². The second kappa shape index (κ2) is 9.41. The van der Waals surface area contributed by atoms with E-state index in [9.17, 15) is 0 Å². The lowest BCUT2D eigenvalue weighted by atomic mass is 10.00.